The van der Waals surface area contributed by atoms with Crippen LogP contribution >= 0.6 is 0 Å². The van der Waals surface area contributed by atoms with Crippen LogP contribution < -0.4 is 10.6 Å². The molecular formula is C25H26N2O12. The number of ether oxygens (including phenoxy) is 2. The summed E-state index contributed by atoms with van der Waals surface area (Å²) in [5.41, 5.74) is -7.94. The molecule has 14 heteroatoms. The van der Waals surface area contributed by atoms with Gasteiger partial charge in [0.2, 0.25) is 11.8 Å². The maximum atomic E-state index is 12.4. The van der Waals surface area contributed by atoms with E-state index in [-0.39, 0.29) is 32.4 Å². The number of carboxylic acids is 4. The monoisotopic (exact) mass is 546 g/mol. The molecule has 4 unspecified atom stereocenters. The summed E-state index contributed by atoms with van der Waals surface area (Å²) in [6.45, 7) is 2.18. The predicted octanol–water partition coefficient (Wildman–Crippen LogP) is -0.484. The van der Waals surface area contributed by atoms with Gasteiger partial charge in [0, 0.05) is 12.8 Å². The van der Waals surface area contributed by atoms with Gasteiger partial charge in [-0.05, 0) is 44.6 Å². The fraction of sp³-hybridized carbons (Fsp3) is 0.440. The first-order valence-corrected chi connectivity index (χ1v) is 11.9. The Hall–Kier alpha value is -4.30. The lowest BCUT2D eigenvalue weighted by Crippen LogP contribution is -2.45. The molecule has 4 heterocycles. The highest BCUT2D eigenvalue weighted by molar-refractivity contribution is 6.05. The number of carbonyl (C=O) groups excluding carboxylic acids is 2. The number of nitrogens with one attached hydrogen (secondary N) is 2. The van der Waals surface area contributed by atoms with Crippen LogP contribution in [0.3, 0.4) is 0 Å². The van der Waals surface area contributed by atoms with Crippen molar-refractivity contribution in [1.29, 1.82) is 0 Å². The van der Waals surface area contributed by atoms with Gasteiger partial charge in [-0.15, -0.1) is 0 Å². The Labute approximate surface area is 220 Å². The van der Waals surface area contributed by atoms with Crippen molar-refractivity contribution in [2.45, 2.75) is 55.5 Å². The molecule has 4 aliphatic heterocycles. The van der Waals surface area contributed by atoms with Crippen LogP contribution in [0.25, 0.3) is 0 Å². The molecule has 0 aromatic rings. The second kappa shape index (κ2) is 9.17. The molecule has 4 aliphatic rings. The molecule has 4 atom stereocenters. The van der Waals surface area contributed by atoms with Crippen molar-refractivity contribution in [2.24, 2.45) is 0 Å². The Kier molecular flexibility index (Phi) is 6.52. The fourth-order valence-corrected chi connectivity index (χ4v) is 5.56. The van der Waals surface area contributed by atoms with Crippen molar-refractivity contribution < 1.29 is 58.7 Å². The van der Waals surface area contributed by atoms with E-state index >= 15 is 0 Å². The second-order valence-corrected chi connectivity index (χ2v) is 9.99. The van der Waals surface area contributed by atoms with Crippen molar-refractivity contribution in [3.8, 4) is 0 Å². The van der Waals surface area contributed by atoms with Gasteiger partial charge in [-0.3, -0.25) is 9.59 Å². The Balaban J connectivity index is 1.29. The minimum Gasteiger partial charge on any atom is -0.478 e. The number of hydrogen-bond acceptors (Lipinski definition) is 8. The van der Waals surface area contributed by atoms with E-state index < -0.39 is 80.4 Å². The zero-order valence-corrected chi connectivity index (χ0v) is 20.9. The van der Waals surface area contributed by atoms with Gasteiger partial charge in [-0.1, -0.05) is 0 Å². The van der Waals surface area contributed by atoms with E-state index in [2.05, 4.69) is 10.6 Å². The highest BCUT2D eigenvalue weighted by Crippen LogP contribution is 2.50. The minimum atomic E-state index is -1.64. The van der Waals surface area contributed by atoms with Gasteiger partial charge in [0.1, 0.15) is 22.4 Å². The van der Waals surface area contributed by atoms with E-state index in [1.807, 2.05) is 0 Å². The summed E-state index contributed by atoms with van der Waals surface area (Å²) in [7, 11) is 0. The number of rotatable bonds is 12. The molecular weight excluding hydrogens is 520 g/mol. The van der Waals surface area contributed by atoms with Crippen LogP contribution in [0.15, 0.2) is 46.6 Å². The molecule has 0 aromatic heterocycles. The summed E-state index contributed by atoms with van der Waals surface area (Å²) in [6.07, 6.45) is 5.47. The topological polar surface area (TPSA) is 226 Å². The molecule has 2 amide bonds. The molecule has 0 spiro atoms. The molecule has 0 fully saturated rings. The average molecular weight is 546 g/mol. The summed E-state index contributed by atoms with van der Waals surface area (Å²) < 4.78 is 11.4. The molecule has 0 saturated heterocycles. The van der Waals surface area contributed by atoms with E-state index in [1.54, 1.807) is 0 Å². The first-order chi connectivity index (χ1) is 18.1. The SMILES string of the molecule is CC12C=CC(CNC(=O)CCCC(=O)NCC34C=CC(C)(O3)C(C(=O)O)=C4C(=O)O)(O1)C(C(=O)O)=C2C(=O)O. The first kappa shape index (κ1) is 27.7. The standard InChI is InChI=1S/C25H26N2O12/c1-22-6-8-24(38-22,16(20(34)35)14(22)18(30)31)10-26-12(28)4-3-5-13(29)27-11-25-9-7-23(2,39-25)15(19(32)33)17(25)21(36)37/h6-9H,3-5,10-11H2,1-2H3,(H,26,28)(H,27,29)(H,30,31)(H,32,33)(H,34,35)(H,36,37). The number of carbonyl (C=O) groups is 6. The van der Waals surface area contributed by atoms with Gasteiger partial charge in [-0.25, -0.2) is 19.2 Å². The summed E-state index contributed by atoms with van der Waals surface area (Å²) in [5.74, 6) is -6.92. The number of carboxylic acid groups (broad SMARTS) is 4. The third-order valence-electron chi connectivity index (χ3n) is 7.23. The Morgan fingerprint density at radius 2 is 0.949 bits per heavy atom. The van der Waals surface area contributed by atoms with E-state index in [0.29, 0.717) is 0 Å². The van der Waals surface area contributed by atoms with E-state index in [0.717, 1.165) is 0 Å². The van der Waals surface area contributed by atoms with Crippen LogP contribution in [0.2, 0.25) is 0 Å². The zero-order valence-electron chi connectivity index (χ0n) is 20.9. The molecule has 0 radical (unpaired) electrons. The van der Waals surface area contributed by atoms with Crippen LogP contribution in [0.1, 0.15) is 33.1 Å². The van der Waals surface area contributed by atoms with Gasteiger partial charge in [0.25, 0.3) is 0 Å². The van der Waals surface area contributed by atoms with Crippen LogP contribution in [0, 0.1) is 0 Å². The quantitative estimate of drug-likeness (QED) is 0.171. The van der Waals surface area contributed by atoms with Crippen LogP contribution in [-0.4, -0.2) is 91.6 Å². The third kappa shape index (κ3) is 4.40. The lowest BCUT2D eigenvalue weighted by atomic mass is 9.82. The summed E-state index contributed by atoms with van der Waals surface area (Å²) in [5, 5.41) is 43.2. The van der Waals surface area contributed by atoms with Crippen molar-refractivity contribution in [1.82, 2.24) is 10.6 Å². The van der Waals surface area contributed by atoms with Crippen LogP contribution in [0.4, 0.5) is 0 Å². The van der Waals surface area contributed by atoms with Crippen LogP contribution in [0.5, 0.6) is 0 Å². The summed E-state index contributed by atoms with van der Waals surface area (Å²) in [4.78, 5) is 71.7. The van der Waals surface area contributed by atoms with Crippen molar-refractivity contribution in [2.75, 3.05) is 13.1 Å². The smallest absolute Gasteiger partial charge is 0.335 e. The molecule has 208 valence electrons. The highest BCUT2D eigenvalue weighted by Gasteiger charge is 2.61. The number of fused-ring (bicyclic) bond motifs is 4. The lowest BCUT2D eigenvalue weighted by Gasteiger charge is -2.26. The van der Waals surface area contributed by atoms with Gasteiger partial charge in [0.15, 0.2) is 0 Å². The van der Waals surface area contributed by atoms with Gasteiger partial charge < -0.3 is 40.5 Å². The van der Waals surface area contributed by atoms with Crippen molar-refractivity contribution >= 4 is 35.7 Å². The summed E-state index contributed by atoms with van der Waals surface area (Å²) in [6, 6.07) is 0. The highest BCUT2D eigenvalue weighted by atomic mass is 16.5. The van der Waals surface area contributed by atoms with Gasteiger partial charge >= 0.3 is 23.9 Å². The molecule has 14 nitrogen and oxygen atoms in total. The number of aliphatic carboxylic acids is 4. The minimum absolute atomic E-state index is 0.0739. The largest absolute Gasteiger partial charge is 0.478 e. The van der Waals surface area contributed by atoms with Crippen molar-refractivity contribution in [3.05, 3.63) is 46.6 Å². The normalized spacial score (nSPS) is 31.6. The second-order valence-electron chi connectivity index (χ2n) is 9.99. The number of amides is 2. The third-order valence-corrected chi connectivity index (χ3v) is 7.23. The van der Waals surface area contributed by atoms with E-state index in [9.17, 15) is 49.2 Å². The molecule has 0 aromatic carbocycles. The Morgan fingerprint density at radius 3 is 1.26 bits per heavy atom. The molecule has 39 heavy (non-hydrogen) atoms. The Bertz CT molecular complexity index is 1240. The summed E-state index contributed by atoms with van der Waals surface area (Å²) >= 11 is 0. The van der Waals surface area contributed by atoms with Gasteiger partial charge in [0.05, 0.1) is 35.4 Å². The number of hydrogen-bond donors (Lipinski definition) is 6. The molecule has 4 bridgehead atoms. The molecule has 0 aliphatic carbocycles. The molecule has 4 rings (SSSR count). The zero-order chi connectivity index (χ0) is 29.0. The van der Waals surface area contributed by atoms with Crippen molar-refractivity contribution in [3.63, 3.8) is 0 Å². The van der Waals surface area contributed by atoms with E-state index in [4.69, 9.17) is 9.47 Å². The maximum Gasteiger partial charge on any atom is 0.335 e. The maximum absolute atomic E-state index is 12.4. The first-order valence-electron chi connectivity index (χ1n) is 11.9. The predicted molar refractivity (Wildman–Crippen MR) is 127 cm³/mol. The van der Waals surface area contributed by atoms with Crippen LogP contribution in [-0.2, 0) is 38.2 Å². The van der Waals surface area contributed by atoms with E-state index in [1.165, 1.54) is 38.2 Å². The lowest BCUT2D eigenvalue weighted by molar-refractivity contribution is -0.136. The Morgan fingerprint density at radius 1 is 0.615 bits per heavy atom. The molecule has 0 saturated carbocycles. The average Bonchev–Trinajstić information content (AvgIpc) is 3.51. The van der Waals surface area contributed by atoms with Gasteiger partial charge in [-0.2, -0.15) is 0 Å². The fourth-order valence-electron chi connectivity index (χ4n) is 5.56. The molecule has 6 N–H and O–H groups in total.